The second-order valence-corrected chi connectivity index (χ2v) is 7.34. The number of halogens is 3. The molecule has 0 spiro atoms. The van der Waals surface area contributed by atoms with Crippen molar-refractivity contribution in [3.63, 3.8) is 0 Å². The van der Waals surface area contributed by atoms with Crippen molar-refractivity contribution in [3.8, 4) is 0 Å². The van der Waals surface area contributed by atoms with Crippen molar-refractivity contribution in [2.24, 2.45) is 23.2 Å². The predicted molar refractivity (Wildman–Crippen MR) is 70.6 cm³/mol. The molecular formula is C15H22F3NO2. The van der Waals surface area contributed by atoms with Crippen LogP contribution < -0.4 is 5.32 Å². The van der Waals surface area contributed by atoms with Crippen LogP contribution in [0.3, 0.4) is 0 Å². The van der Waals surface area contributed by atoms with Crippen molar-refractivity contribution in [1.29, 1.82) is 0 Å². The first-order valence-electron chi connectivity index (χ1n) is 7.76. The van der Waals surface area contributed by atoms with E-state index >= 15 is 0 Å². The molecule has 4 bridgehead atoms. The van der Waals surface area contributed by atoms with Crippen molar-refractivity contribution in [2.75, 3.05) is 6.61 Å². The Balaban J connectivity index is 1.58. The van der Waals surface area contributed by atoms with Gasteiger partial charge in [0.2, 0.25) is 0 Å². The highest BCUT2D eigenvalue weighted by Crippen LogP contribution is 2.61. The SMILES string of the molecule is CC(NC(=O)OCC(F)(F)F)C12CC3CC(CC(C3)C1)C2. The van der Waals surface area contributed by atoms with Gasteiger partial charge in [-0.3, -0.25) is 0 Å². The zero-order valence-corrected chi connectivity index (χ0v) is 12.2. The number of carbonyl (C=O) groups is 1. The van der Waals surface area contributed by atoms with Gasteiger partial charge in [-0.2, -0.15) is 13.2 Å². The Bertz CT molecular complexity index is 386. The van der Waals surface area contributed by atoms with Gasteiger partial charge < -0.3 is 10.1 Å². The Hall–Kier alpha value is -0.940. The maximum Gasteiger partial charge on any atom is 0.422 e. The van der Waals surface area contributed by atoms with Crippen LogP contribution in [0.2, 0.25) is 0 Å². The highest BCUT2D eigenvalue weighted by atomic mass is 19.4. The smallest absolute Gasteiger partial charge is 0.422 e. The molecular weight excluding hydrogens is 283 g/mol. The van der Waals surface area contributed by atoms with Gasteiger partial charge in [0.25, 0.3) is 0 Å². The van der Waals surface area contributed by atoms with Crippen LogP contribution in [0.25, 0.3) is 0 Å². The lowest BCUT2D eigenvalue weighted by atomic mass is 9.48. The molecule has 4 fully saturated rings. The van der Waals surface area contributed by atoms with Crippen LogP contribution in [0, 0.1) is 23.2 Å². The number of amides is 1. The molecule has 0 aliphatic heterocycles. The molecule has 1 atom stereocenters. The third kappa shape index (κ3) is 3.14. The van der Waals surface area contributed by atoms with Gasteiger partial charge in [0.15, 0.2) is 6.61 Å². The minimum absolute atomic E-state index is 0.0754. The fourth-order valence-corrected chi connectivity index (χ4v) is 5.23. The van der Waals surface area contributed by atoms with E-state index in [4.69, 9.17) is 0 Å². The Labute approximate surface area is 122 Å². The largest absolute Gasteiger partial charge is 0.440 e. The van der Waals surface area contributed by atoms with Gasteiger partial charge >= 0.3 is 12.3 Å². The summed E-state index contributed by atoms with van der Waals surface area (Å²) in [4.78, 5) is 11.6. The second-order valence-electron chi connectivity index (χ2n) is 7.34. The van der Waals surface area contributed by atoms with Crippen LogP contribution in [-0.2, 0) is 4.74 Å². The highest BCUT2D eigenvalue weighted by molar-refractivity contribution is 5.67. The maximum atomic E-state index is 12.1. The second kappa shape index (κ2) is 5.06. The third-order valence-electron chi connectivity index (χ3n) is 5.71. The number of hydrogen-bond donors (Lipinski definition) is 1. The number of nitrogens with one attached hydrogen (secondary N) is 1. The number of carbonyl (C=O) groups excluding carboxylic acids is 1. The van der Waals surface area contributed by atoms with E-state index in [1.807, 2.05) is 6.92 Å². The van der Waals surface area contributed by atoms with E-state index in [9.17, 15) is 18.0 Å². The van der Waals surface area contributed by atoms with Gasteiger partial charge in [-0.15, -0.1) is 0 Å². The van der Waals surface area contributed by atoms with E-state index in [-0.39, 0.29) is 11.5 Å². The number of rotatable bonds is 3. The molecule has 3 nitrogen and oxygen atoms in total. The minimum atomic E-state index is -4.47. The van der Waals surface area contributed by atoms with Crippen molar-refractivity contribution in [3.05, 3.63) is 0 Å². The molecule has 0 saturated heterocycles. The summed E-state index contributed by atoms with van der Waals surface area (Å²) in [7, 11) is 0. The van der Waals surface area contributed by atoms with Crippen LogP contribution in [-0.4, -0.2) is 24.9 Å². The first kappa shape index (κ1) is 15.0. The monoisotopic (exact) mass is 305 g/mol. The summed E-state index contributed by atoms with van der Waals surface area (Å²) in [6, 6.07) is -0.119. The molecule has 1 amide bonds. The number of ether oxygens (including phenoxy) is 1. The van der Waals surface area contributed by atoms with E-state index in [1.165, 1.54) is 19.3 Å². The van der Waals surface area contributed by atoms with Crippen LogP contribution in [0.1, 0.15) is 45.4 Å². The van der Waals surface area contributed by atoms with Gasteiger partial charge in [-0.25, -0.2) is 4.79 Å². The Morgan fingerprint density at radius 1 is 1.19 bits per heavy atom. The molecule has 4 aliphatic carbocycles. The molecule has 0 aromatic carbocycles. The van der Waals surface area contributed by atoms with E-state index in [2.05, 4.69) is 10.1 Å². The van der Waals surface area contributed by atoms with Crippen molar-refractivity contribution < 1.29 is 22.7 Å². The summed E-state index contributed by atoms with van der Waals surface area (Å²) < 4.78 is 40.5. The quantitative estimate of drug-likeness (QED) is 0.859. The molecule has 6 heteroatoms. The zero-order chi connectivity index (χ0) is 15.3. The molecule has 1 unspecified atom stereocenters. The van der Waals surface area contributed by atoms with Gasteiger partial charge in [-0.05, 0) is 68.6 Å². The minimum Gasteiger partial charge on any atom is -0.440 e. The Kier molecular flexibility index (Phi) is 3.61. The summed E-state index contributed by atoms with van der Waals surface area (Å²) in [5.41, 5.74) is 0.0754. The summed E-state index contributed by atoms with van der Waals surface area (Å²) in [6.45, 7) is 0.397. The maximum absolute atomic E-state index is 12.1. The average molecular weight is 305 g/mol. The fourth-order valence-electron chi connectivity index (χ4n) is 5.23. The Morgan fingerprint density at radius 2 is 1.67 bits per heavy atom. The average Bonchev–Trinajstić information content (AvgIpc) is 2.34. The molecule has 0 radical (unpaired) electrons. The van der Waals surface area contributed by atoms with Crippen molar-refractivity contribution >= 4 is 6.09 Å². The molecule has 1 N–H and O–H groups in total. The topological polar surface area (TPSA) is 38.3 Å². The van der Waals surface area contributed by atoms with Crippen molar-refractivity contribution in [2.45, 2.75) is 57.7 Å². The molecule has 0 heterocycles. The van der Waals surface area contributed by atoms with E-state index in [0.717, 1.165) is 37.0 Å². The highest BCUT2D eigenvalue weighted by Gasteiger charge is 2.53. The van der Waals surface area contributed by atoms with Crippen LogP contribution in [0.5, 0.6) is 0 Å². The fraction of sp³-hybridized carbons (Fsp3) is 0.933. The number of hydrogen-bond acceptors (Lipinski definition) is 2. The summed E-state index contributed by atoms with van der Waals surface area (Å²) in [6.07, 6.45) is 1.76. The lowest BCUT2D eigenvalue weighted by molar-refractivity contribution is -0.160. The number of alkyl halides is 3. The van der Waals surface area contributed by atoms with Gasteiger partial charge in [-0.1, -0.05) is 0 Å². The Morgan fingerprint density at radius 3 is 2.10 bits per heavy atom. The summed E-state index contributed by atoms with van der Waals surface area (Å²) in [5.74, 6) is 2.23. The van der Waals surface area contributed by atoms with Crippen molar-refractivity contribution in [1.82, 2.24) is 5.32 Å². The lowest BCUT2D eigenvalue weighted by Crippen LogP contribution is -2.56. The van der Waals surface area contributed by atoms with E-state index in [0.29, 0.717) is 0 Å². The summed E-state index contributed by atoms with van der Waals surface area (Å²) in [5, 5.41) is 2.65. The molecule has 21 heavy (non-hydrogen) atoms. The molecule has 0 aromatic rings. The van der Waals surface area contributed by atoms with E-state index in [1.54, 1.807) is 0 Å². The van der Waals surface area contributed by atoms with Gasteiger partial charge in [0.1, 0.15) is 0 Å². The van der Waals surface area contributed by atoms with Crippen LogP contribution in [0.15, 0.2) is 0 Å². The molecule has 4 aliphatic rings. The van der Waals surface area contributed by atoms with Crippen LogP contribution >= 0.6 is 0 Å². The molecule has 120 valence electrons. The predicted octanol–water partition coefficient (Wildman–Crippen LogP) is 3.88. The first-order valence-corrected chi connectivity index (χ1v) is 7.76. The normalized spacial score (nSPS) is 39.1. The molecule has 4 saturated carbocycles. The first-order chi connectivity index (χ1) is 9.76. The summed E-state index contributed by atoms with van der Waals surface area (Å²) >= 11 is 0. The number of alkyl carbamates (subject to hydrolysis) is 1. The van der Waals surface area contributed by atoms with Crippen LogP contribution in [0.4, 0.5) is 18.0 Å². The lowest BCUT2D eigenvalue weighted by Gasteiger charge is -2.59. The van der Waals surface area contributed by atoms with E-state index < -0.39 is 18.9 Å². The third-order valence-corrected chi connectivity index (χ3v) is 5.71. The van der Waals surface area contributed by atoms with Gasteiger partial charge in [0.05, 0.1) is 0 Å². The zero-order valence-electron chi connectivity index (χ0n) is 12.2. The standard InChI is InChI=1S/C15H22F3NO2/c1-9(19-13(20)21-8-15(16,17)18)14-5-10-2-11(6-14)4-12(3-10)7-14/h9-12H,2-8H2,1H3,(H,19,20). The van der Waals surface area contributed by atoms with Gasteiger partial charge in [0, 0.05) is 6.04 Å². The molecule has 4 rings (SSSR count). The molecule has 0 aromatic heterocycles.